The number of hydrogen-bond acceptors (Lipinski definition) is 5. The Bertz CT molecular complexity index is 519. The minimum absolute atomic E-state index is 0.244. The number of nitro benzene ring substituents is 2. The first kappa shape index (κ1) is 14.0. The van der Waals surface area contributed by atoms with Crippen molar-refractivity contribution < 1.29 is 27.8 Å². The van der Waals surface area contributed by atoms with Crippen molar-refractivity contribution in [3.05, 3.63) is 37.4 Å². The predicted octanol–water partition coefficient (Wildman–Crippen LogP) is 3.05. The minimum Gasteiger partial charge on any atom is -0.404 e. The third-order valence-corrected chi connectivity index (χ3v) is 1.94. The molecular formula is C7H2ClF3N2O5. The van der Waals surface area contributed by atoms with E-state index < -0.39 is 38.4 Å². The molecule has 0 aliphatic carbocycles. The largest absolute Gasteiger partial charge is 0.573 e. The zero-order valence-electron chi connectivity index (χ0n) is 8.10. The van der Waals surface area contributed by atoms with Crippen molar-refractivity contribution in [1.29, 1.82) is 0 Å². The lowest BCUT2D eigenvalue weighted by Gasteiger charge is -2.09. The Hall–Kier alpha value is -2.10. The van der Waals surface area contributed by atoms with Gasteiger partial charge in [-0.15, -0.1) is 13.2 Å². The summed E-state index contributed by atoms with van der Waals surface area (Å²) >= 11 is 5.30. The van der Waals surface area contributed by atoms with Gasteiger partial charge in [-0.2, -0.15) is 0 Å². The van der Waals surface area contributed by atoms with Crippen LogP contribution in [-0.2, 0) is 0 Å². The third kappa shape index (κ3) is 3.20. The summed E-state index contributed by atoms with van der Waals surface area (Å²) in [7, 11) is 0. The van der Waals surface area contributed by atoms with Crippen LogP contribution < -0.4 is 4.74 Å². The van der Waals surface area contributed by atoms with Crippen LogP contribution in [-0.4, -0.2) is 16.2 Å². The number of ether oxygens (including phenoxy) is 1. The maximum Gasteiger partial charge on any atom is 0.573 e. The number of nitro groups is 2. The van der Waals surface area contributed by atoms with E-state index >= 15 is 0 Å². The second kappa shape index (κ2) is 4.64. The van der Waals surface area contributed by atoms with E-state index in [-0.39, 0.29) is 6.07 Å². The molecule has 0 atom stereocenters. The first-order chi connectivity index (χ1) is 8.11. The average Bonchev–Trinajstić information content (AvgIpc) is 2.17. The number of nitrogens with zero attached hydrogens (tertiary/aromatic N) is 2. The standard InChI is InChI=1S/C7H2ClF3N2O5/c8-3-1-4(12(14)15)5(13(16)17)2-6(3)18-7(9,10)11/h1-2H. The van der Waals surface area contributed by atoms with Crippen LogP contribution in [0.2, 0.25) is 5.02 Å². The van der Waals surface area contributed by atoms with Crippen LogP contribution in [0, 0.1) is 20.2 Å². The number of rotatable bonds is 3. The highest BCUT2D eigenvalue weighted by atomic mass is 35.5. The topological polar surface area (TPSA) is 95.5 Å². The fourth-order valence-corrected chi connectivity index (χ4v) is 1.22. The first-order valence-corrected chi connectivity index (χ1v) is 4.37. The molecule has 0 radical (unpaired) electrons. The second-order valence-corrected chi connectivity index (χ2v) is 3.24. The Kier molecular flexibility index (Phi) is 3.60. The van der Waals surface area contributed by atoms with Crippen LogP contribution in [0.1, 0.15) is 0 Å². The molecule has 0 bridgehead atoms. The molecule has 1 rings (SSSR count). The summed E-state index contributed by atoms with van der Waals surface area (Å²) in [6, 6.07) is 0.661. The van der Waals surface area contributed by atoms with Gasteiger partial charge in [-0.25, -0.2) is 0 Å². The quantitative estimate of drug-likeness (QED) is 0.628. The molecule has 1 aromatic carbocycles. The maximum absolute atomic E-state index is 11.9. The van der Waals surface area contributed by atoms with Crippen LogP contribution >= 0.6 is 11.6 Å². The summed E-state index contributed by atoms with van der Waals surface area (Å²) in [6.45, 7) is 0. The van der Waals surface area contributed by atoms with Crippen LogP contribution in [0.15, 0.2) is 12.1 Å². The smallest absolute Gasteiger partial charge is 0.404 e. The number of halogens is 4. The maximum atomic E-state index is 11.9. The van der Waals surface area contributed by atoms with Gasteiger partial charge in [-0.1, -0.05) is 11.6 Å². The zero-order valence-corrected chi connectivity index (χ0v) is 8.86. The third-order valence-electron chi connectivity index (χ3n) is 1.65. The van der Waals surface area contributed by atoms with Crippen molar-refractivity contribution in [3.63, 3.8) is 0 Å². The van der Waals surface area contributed by atoms with Crippen molar-refractivity contribution in [1.82, 2.24) is 0 Å². The van der Waals surface area contributed by atoms with E-state index in [2.05, 4.69) is 4.74 Å². The number of alkyl halides is 3. The molecule has 0 N–H and O–H groups in total. The molecule has 0 saturated carbocycles. The average molecular weight is 287 g/mol. The lowest BCUT2D eigenvalue weighted by atomic mass is 10.2. The number of benzene rings is 1. The lowest BCUT2D eigenvalue weighted by molar-refractivity contribution is -0.422. The van der Waals surface area contributed by atoms with Gasteiger partial charge in [0.2, 0.25) is 0 Å². The molecule has 1 aromatic rings. The van der Waals surface area contributed by atoms with Crippen LogP contribution in [0.25, 0.3) is 0 Å². The van der Waals surface area contributed by atoms with E-state index in [9.17, 15) is 33.4 Å². The van der Waals surface area contributed by atoms with E-state index in [1.165, 1.54) is 0 Å². The monoisotopic (exact) mass is 286 g/mol. The van der Waals surface area contributed by atoms with Gasteiger partial charge in [-0.05, 0) is 0 Å². The molecule has 0 aliphatic heterocycles. The Labute approximate surface area is 101 Å². The Morgan fingerprint density at radius 2 is 1.56 bits per heavy atom. The van der Waals surface area contributed by atoms with Gasteiger partial charge in [-0.3, -0.25) is 20.2 Å². The van der Waals surface area contributed by atoms with Gasteiger partial charge < -0.3 is 4.74 Å². The highest BCUT2D eigenvalue weighted by Crippen LogP contribution is 2.39. The normalized spacial score (nSPS) is 11.1. The molecule has 18 heavy (non-hydrogen) atoms. The molecule has 0 aliphatic rings. The summed E-state index contributed by atoms with van der Waals surface area (Å²) in [6.07, 6.45) is -5.12. The molecular weight excluding hydrogens is 285 g/mol. The summed E-state index contributed by atoms with van der Waals surface area (Å²) in [5.74, 6) is -1.08. The Morgan fingerprint density at radius 3 is 1.94 bits per heavy atom. The van der Waals surface area contributed by atoms with Crippen LogP contribution in [0.4, 0.5) is 24.5 Å². The predicted molar refractivity (Wildman–Crippen MR) is 51.4 cm³/mol. The molecule has 0 unspecified atom stereocenters. The molecule has 0 aromatic heterocycles. The van der Waals surface area contributed by atoms with E-state index in [4.69, 9.17) is 11.6 Å². The summed E-state index contributed by atoms with van der Waals surface area (Å²) in [5.41, 5.74) is -2.18. The van der Waals surface area contributed by atoms with Crippen LogP contribution in [0.5, 0.6) is 5.75 Å². The van der Waals surface area contributed by atoms with Crippen LogP contribution in [0.3, 0.4) is 0 Å². The minimum atomic E-state index is -5.12. The summed E-state index contributed by atoms with van der Waals surface area (Å²) < 4.78 is 39.2. The van der Waals surface area contributed by atoms with Crippen molar-refractivity contribution >= 4 is 23.0 Å². The molecule has 0 saturated heterocycles. The lowest BCUT2D eigenvalue weighted by Crippen LogP contribution is -2.17. The number of hydrogen-bond donors (Lipinski definition) is 0. The van der Waals surface area contributed by atoms with Gasteiger partial charge >= 0.3 is 17.7 Å². The van der Waals surface area contributed by atoms with Gasteiger partial charge in [0.1, 0.15) is 0 Å². The fraction of sp³-hybridized carbons (Fsp3) is 0.143. The van der Waals surface area contributed by atoms with Gasteiger partial charge in [0.05, 0.1) is 20.9 Å². The van der Waals surface area contributed by atoms with Crippen molar-refractivity contribution in [2.45, 2.75) is 6.36 Å². The van der Waals surface area contributed by atoms with Gasteiger partial charge in [0.25, 0.3) is 0 Å². The SMILES string of the molecule is O=[N+]([O-])c1cc(Cl)c(OC(F)(F)F)cc1[N+](=O)[O-]. The molecule has 0 fully saturated rings. The molecule has 11 heteroatoms. The first-order valence-electron chi connectivity index (χ1n) is 4.00. The molecule has 98 valence electrons. The van der Waals surface area contributed by atoms with Crippen molar-refractivity contribution in [2.24, 2.45) is 0 Å². The molecule has 0 heterocycles. The zero-order chi connectivity index (χ0) is 14.1. The van der Waals surface area contributed by atoms with Gasteiger partial charge in [0.15, 0.2) is 5.75 Å². The van der Waals surface area contributed by atoms with E-state index in [1.54, 1.807) is 0 Å². The highest BCUT2D eigenvalue weighted by molar-refractivity contribution is 6.32. The summed E-state index contributed by atoms with van der Waals surface area (Å²) in [5, 5.41) is 20.2. The fourth-order valence-electron chi connectivity index (χ4n) is 1.03. The molecule has 7 nitrogen and oxygen atoms in total. The van der Waals surface area contributed by atoms with Crippen molar-refractivity contribution in [2.75, 3.05) is 0 Å². The van der Waals surface area contributed by atoms with E-state index in [0.29, 0.717) is 6.07 Å². The summed E-state index contributed by atoms with van der Waals surface area (Å²) in [4.78, 5) is 18.6. The Morgan fingerprint density at radius 1 is 1.11 bits per heavy atom. The second-order valence-electron chi connectivity index (χ2n) is 2.83. The van der Waals surface area contributed by atoms with Crippen molar-refractivity contribution in [3.8, 4) is 5.75 Å². The van der Waals surface area contributed by atoms with E-state index in [1.807, 2.05) is 0 Å². The Balaban J connectivity index is 3.36. The van der Waals surface area contributed by atoms with E-state index in [0.717, 1.165) is 0 Å². The molecule has 0 amide bonds. The molecule has 0 spiro atoms. The highest BCUT2D eigenvalue weighted by Gasteiger charge is 2.35. The van der Waals surface area contributed by atoms with Gasteiger partial charge in [0, 0.05) is 6.07 Å².